The van der Waals surface area contributed by atoms with Gasteiger partial charge in [-0.1, -0.05) is 30.3 Å². The molecule has 0 bridgehead atoms. The van der Waals surface area contributed by atoms with E-state index in [2.05, 4.69) is 35.8 Å². The fourth-order valence-electron chi connectivity index (χ4n) is 2.62. The fraction of sp³-hybridized carbons (Fsp3) is 0.190. The number of hydrogen-bond donors (Lipinski definition) is 1. The zero-order valence-electron chi connectivity index (χ0n) is 14.9. The van der Waals surface area contributed by atoms with Gasteiger partial charge in [0.25, 0.3) is 0 Å². The van der Waals surface area contributed by atoms with Crippen LogP contribution in [0.4, 0.5) is 10.5 Å². The van der Waals surface area contributed by atoms with Gasteiger partial charge in [-0.2, -0.15) is 0 Å². The predicted octanol–water partition coefficient (Wildman–Crippen LogP) is 6.01. The molecule has 3 aromatic rings. The lowest BCUT2D eigenvalue weighted by Crippen LogP contribution is -2.34. The van der Waals surface area contributed by atoms with Gasteiger partial charge in [-0.05, 0) is 60.0 Å². The third-order valence-corrected chi connectivity index (χ3v) is 5.90. The minimum atomic E-state index is -0.0847. The Hall–Kier alpha value is -2.24. The Bertz CT molecular complexity index is 844. The number of benzene rings is 2. The molecule has 0 aliphatic rings. The highest BCUT2D eigenvalue weighted by molar-refractivity contribution is 7.98. The molecule has 0 saturated carbocycles. The van der Waals surface area contributed by atoms with E-state index < -0.39 is 0 Å². The number of aryl methyl sites for hydroxylation is 1. The summed E-state index contributed by atoms with van der Waals surface area (Å²) in [6.45, 7) is 3.27. The summed E-state index contributed by atoms with van der Waals surface area (Å²) in [5.41, 5.74) is 3.16. The van der Waals surface area contributed by atoms with E-state index >= 15 is 0 Å². The molecule has 0 atom stereocenters. The summed E-state index contributed by atoms with van der Waals surface area (Å²) in [4.78, 5) is 17.2. The molecule has 0 spiro atoms. The number of thiophene rings is 1. The average Bonchev–Trinajstić information content (AvgIpc) is 3.07. The Morgan fingerprint density at radius 1 is 1.04 bits per heavy atom. The van der Waals surface area contributed by atoms with E-state index in [9.17, 15) is 4.79 Å². The Morgan fingerprint density at radius 3 is 2.38 bits per heavy atom. The number of rotatable bonds is 6. The van der Waals surface area contributed by atoms with Crippen molar-refractivity contribution in [2.45, 2.75) is 24.9 Å². The molecule has 3 nitrogen and oxygen atoms in total. The van der Waals surface area contributed by atoms with Crippen LogP contribution >= 0.6 is 23.1 Å². The highest BCUT2D eigenvalue weighted by Crippen LogP contribution is 2.21. The SMILES string of the molecule is CSc1ccc(NC(=O)N(Cc2ccccc2)Cc2sccc2C)cc1. The Labute approximate surface area is 163 Å². The zero-order chi connectivity index (χ0) is 18.4. The monoisotopic (exact) mass is 382 g/mol. The van der Waals surface area contributed by atoms with E-state index in [1.165, 1.54) is 15.3 Å². The van der Waals surface area contributed by atoms with Gasteiger partial charge in [0.1, 0.15) is 0 Å². The molecule has 1 aromatic heterocycles. The Balaban J connectivity index is 1.76. The van der Waals surface area contributed by atoms with Gasteiger partial charge in [0.15, 0.2) is 0 Å². The third-order valence-electron chi connectivity index (χ3n) is 4.15. The molecule has 1 heterocycles. The molecule has 2 amide bonds. The van der Waals surface area contributed by atoms with Crippen molar-refractivity contribution in [2.24, 2.45) is 0 Å². The molecule has 0 aliphatic heterocycles. The largest absolute Gasteiger partial charge is 0.322 e. The summed E-state index contributed by atoms with van der Waals surface area (Å²) in [7, 11) is 0. The van der Waals surface area contributed by atoms with Crippen molar-refractivity contribution in [2.75, 3.05) is 11.6 Å². The maximum absolute atomic E-state index is 12.9. The molecule has 0 radical (unpaired) electrons. The van der Waals surface area contributed by atoms with Crippen LogP contribution < -0.4 is 5.32 Å². The van der Waals surface area contributed by atoms with Gasteiger partial charge in [-0.3, -0.25) is 0 Å². The quantitative estimate of drug-likeness (QED) is 0.529. The molecule has 0 unspecified atom stereocenters. The lowest BCUT2D eigenvalue weighted by Gasteiger charge is -2.23. The first kappa shape index (κ1) is 18.5. The maximum atomic E-state index is 12.9. The summed E-state index contributed by atoms with van der Waals surface area (Å²) < 4.78 is 0. The Kier molecular flexibility index (Phi) is 6.36. The van der Waals surface area contributed by atoms with Crippen LogP contribution in [-0.4, -0.2) is 17.2 Å². The molecule has 1 N–H and O–H groups in total. The second-order valence-corrected chi connectivity index (χ2v) is 7.91. The van der Waals surface area contributed by atoms with Crippen LogP contribution in [0.2, 0.25) is 0 Å². The van der Waals surface area contributed by atoms with Crippen molar-refractivity contribution in [1.29, 1.82) is 0 Å². The number of nitrogens with one attached hydrogen (secondary N) is 1. The highest BCUT2D eigenvalue weighted by atomic mass is 32.2. The number of carbonyl (C=O) groups is 1. The average molecular weight is 383 g/mol. The number of anilines is 1. The molecule has 2 aromatic carbocycles. The van der Waals surface area contributed by atoms with E-state index in [4.69, 9.17) is 0 Å². The van der Waals surface area contributed by atoms with Crippen LogP contribution in [0.15, 0.2) is 70.9 Å². The van der Waals surface area contributed by atoms with E-state index in [0.29, 0.717) is 13.1 Å². The van der Waals surface area contributed by atoms with Gasteiger partial charge < -0.3 is 10.2 Å². The van der Waals surface area contributed by atoms with Crippen LogP contribution in [0, 0.1) is 6.92 Å². The van der Waals surface area contributed by atoms with Gasteiger partial charge in [-0.25, -0.2) is 4.79 Å². The molecule has 134 valence electrons. The maximum Gasteiger partial charge on any atom is 0.322 e. The van der Waals surface area contributed by atoms with Gasteiger partial charge >= 0.3 is 6.03 Å². The first-order valence-electron chi connectivity index (χ1n) is 8.42. The standard InChI is InChI=1S/C21H22N2OS2/c1-16-12-13-26-20(16)15-23(14-17-6-4-3-5-7-17)21(24)22-18-8-10-19(25-2)11-9-18/h3-13H,14-15H2,1-2H3,(H,22,24). The molecular formula is C21H22N2OS2. The number of thioether (sulfide) groups is 1. The van der Waals surface area contributed by atoms with E-state index in [1.807, 2.05) is 53.6 Å². The van der Waals surface area contributed by atoms with Crippen molar-refractivity contribution < 1.29 is 4.79 Å². The van der Waals surface area contributed by atoms with E-state index in [1.54, 1.807) is 23.1 Å². The number of amides is 2. The molecule has 3 rings (SSSR count). The van der Waals surface area contributed by atoms with Crippen molar-refractivity contribution in [1.82, 2.24) is 4.90 Å². The fourth-order valence-corrected chi connectivity index (χ4v) is 3.95. The molecule has 0 aliphatic carbocycles. The highest BCUT2D eigenvalue weighted by Gasteiger charge is 2.16. The van der Waals surface area contributed by atoms with Gasteiger partial charge in [0.05, 0.1) is 6.54 Å². The van der Waals surface area contributed by atoms with Crippen molar-refractivity contribution in [3.63, 3.8) is 0 Å². The second-order valence-electron chi connectivity index (χ2n) is 6.03. The van der Waals surface area contributed by atoms with E-state index in [0.717, 1.165) is 11.3 Å². The predicted molar refractivity (Wildman–Crippen MR) is 112 cm³/mol. The van der Waals surface area contributed by atoms with Gasteiger partial charge in [-0.15, -0.1) is 23.1 Å². The molecule has 0 saturated heterocycles. The molecular weight excluding hydrogens is 360 g/mol. The topological polar surface area (TPSA) is 32.3 Å². The summed E-state index contributed by atoms with van der Waals surface area (Å²) in [6, 6.07) is 20.0. The molecule has 5 heteroatoms. The van der Waals surface area contributed by atoms with Gasteiger partial charge in [0, 0.05) is 22.0 Å². The van der Waals surface area contributed by atoms with Crippen LogP contribution in [-0.2, 0) is 13.1 Å². The van der Waals surface area contributed by atoms with Crippen molar-refractivity contribution in [3.05, 3.63) is 82.0 Å². The lowest BCUT2D eigenvalue weighted by atomic mass is 10.2. The van der Waals surface area contributed by atoms with Crippen molar-refractivity contribution in [3.8, 4) is 0 Å². The number of hydrogen-bond acceptors (Lipinski definition) is 3. The van der Waals surface area contributed by atoms with Crippen LogP contribution in [0.5, 0.6) is 0 Å². The lowest BCUT2D eigenvalue weighted by molar-refractivity contribution is 0.207. The number of nitrogens with zero attached hydrogens (tertiary/aromatic N) is 1. The first-order valence-corrected chi connectivity index (χ1v) is 10.5. The summed E-state index contributed by atoms with van der Waals surface area (Å²) in [6.07, 6.45) is 2.04. The normalized spacial score (nSPS) is 10.5. The summed E-state index contributed by atoms with van der Waals surface area (Å²) >= 11 is 3.38. The van der Waals surface area contributed by atoms with E-state index in [-0.39, 0.29) is 6.03 Å². The Morgan fingerprint density at radius 2 is 1.77 bits per heavy atom. The molecule has 26 heavy (non-hydrogen) atoms. The third kappa shape index (κ3) is 4.90. The number of carbonyl (C=O) groups excluding carboxylic acids is 1. The second kappa shape index (κ2) is 8.92. The summed E-state index contributed by atoms with van der Waals surface area (Å²) in [5.74, 6) is 0. The summed E-state index contributed by atoms with van der Waals surface area (Å²) in [5, 5.41) is 5.10. The first-order chi connectivity index (χ1) is 12.7. The number of urea groups is 1. The van der Waals surface area contributed by atoms with Crippen LogP contribution in [0.1, 0.15) is 16.0 Å². The minimum Gasteiger partial charge on any atom is -0.315 e. The van der Waals surface area contributed by atoms with Crippen LogP contribution in [0.25, 0.3) is 0 Å². The van der Waals surface area contributed by atoms with Crippen molar-refractivity contribution >= 4 is 34.8 Å². The minimum absolute atomic E-state index is 0.0847. The smallest absolute Gasteiger partial charge is 0.315 e. The zero-order valence-corrected chi connectivity index (χ0v) is 16.6. The van der Waals surface area contributed by atoms with Gasteiger partial charge in [0.2, 0.25) is 0 Å². The van der Waals surface area contributed by atoms with Crippen LogP contribution in [0.3, 0.4) is 0 Å². The molecule has 0 fully saturated rings.